The maximum absolute atomic E-state index is 12.5. The molecule has 0 aromatic carbocycles. The quantitative estimate of drug-likeness (QED) is 0.794. The number of nitrogens with zero attached hydrogens (tertiary/aromatic N) is 1. The molecule has 0 bridgehead atoms. The van der Waals surface area contributed by atoms with Crippen LogP contribution in [0.2, 0.25) is 0 Å². The van der Waals surface area contributed by atoms with Crippen LogP contribution in [0, 0.1) is 11.3 Å². The minimum absolute atomic E-state index is 0.160. The molecule has 1 aliphatic rings. The van der Waals surface area contributed by atoms with Crippen molar-refractivity contribution in [3.05, 3.63) is 0 Å². The fourth-order valence-corrected chi connectivity index (χ4v) is 2.80. The van der Waals surface area contributed by atoms with Crippen molar-refractivity contribution in [1.82, 2.24) is 10.2 Å². The number of carbonyl (C=O) groups excluding carboxylic acids is 1. The molecule has 3 nitrogen and oxygen atoms in total. The molecule has 1 N–H and O–H groups in total. The third kappa shape index (κ3) is 2.72. The van der Waals surface area contributed by atoms with Crippen LogP contribution in [-0.4, -0.2) is 49.5 Å². The Morgan fingerprint density at radius 1 is 1.56 bits per heavy atom. The lowest BCUT2D eigenvalue weighted by atomic mass is 9.75. The number of hydrogen-bond donors (Lipinski definition) is 1. The zero-order chi connectivity index (χ0) is 12.2. The summed E-state index contributed by atoms with van der Waals surface area (Å²) in [4.78, 5) is 14.4. The SMILES string of the molecule is CSCCN(C)C(=O)C1(C(C)C)CCNC1. The van der Waals surface area contributed by atoms with E-state index in [1.54, 1.807) is 11.8 Å². The van der Waals surface area contributed by atoms with Gasteiger partial charge in [-0.15, -0.1) is 0 Å². The maximum atomic E-state index is 12.5. The van der Waals surface area contributed by atoms with Gasteiger partial charge in [0.2, 0.25) is 5.91 Å². The summed E-state index contributed by atoms with van der Waals surface area (Å²) in [6.45, 7) is 6.99. The van der Waals surface area contributed by atoms with Crippen molar-refractivity contribution >= 4 is 17.7 Å². The summed E-state index contributed by atoms with van der Waals surface area (Å²) in [5, 5.41) is 3.33. The molecule has 1 heterocycles. The molecule has 1 fully saturated rings. The van der Waals surface area contributed by atoms with Gasteiger partial charge >= 0.3 is 0 Å². The Kier molecular flexibility index (Phi) is 5.12. The van der Waals surface area contributed by atoms with Crippen molar-refractivity contribution in [1.29, 1.82) is 0 Å². The molecule has 16 heavy (non-hydrogen) atoms. The van der Waals surface area contributed by atoms with E-state index in [0.29, 0.717) is 11.8 Å². The lowest BCUT2D eigenvalue weighted by Crippen LogP contribution is -2.47. The zero-order valence-electron chi connectivity index (χ0n) is 10.9. The first-order valence-electron chi connectivity index (χ1n) is 6.00. The maximum Gasteiger partial charge on any atom is 0.230 e. The van der Waals surface area contributed by atoms with E-state index in [2.05, 4.69) is 25.4 Å². The van der Waals surface area contributed by atoms with Gasteiger partial charge in [-0.25, -0.2) is 0 Å². The van der Waals surface area contributed by atoms with Gasteiger partial charge in [0.05, 0.1) is 5.41 Å². The Bertz CT molecular complexity index is 237. The number of carbonyl (C=O) groups is 1. The molecule has 0 aromatic rings. The molecule has 1 atom stereocenters. The number of rotatable bonds is 5. The van der Waals surface area contributed by atoms with Gasteiger partial charge in [0.25, 0.3) is 0 Å². The van der Waals surface area contributed by atoms with Crippen LogP contribution in [0.4, 0.5) is 0 Å². The van der Waals surface area contributed by atoms with Gasteiger partial charge in [-0.2, -0.15) is 11.8 Å². The predicted molar refractivity (Wildman–Crippen MR) is 70.8 cm³/mol. The van der Waals surface area contributed by atoms with E-state index < -0.39 is 0 Å². The van der Waals surface area contributed by atoms with Gasteiger partial charge in [-0.05, 0) is 25.1 Å². The summed E-state index contributed by atoms with van der Waals surface area (Å²) in [7, 11) is 1.93. The topological polar surface area (TPSA) is 32.3 Å². The molecule has 1 aliphatic heterocycles. The van der Waals surface area contributed by atoms with E-state index in [1.165, 1.54) is 0 Å². The van der Waals surface area contributed by atoms with E-state index in [1.807, 2.05) is 11.9 Å². The molecular weight excluding hydrogens is 220 g/mol. The van der Waals surface area contributed by atoms with E-state index in [9.17, 15) is 4.79 Å². The lowest BCUT2D eigenvalue weighted by molar-refractivity contribution is -0.142. The van der Waals surface area contributed by atoms with Crippen molar-refractivity contribution < 1.29 is 4.79 Å². The first-order chi connectivity index (χ1) is 7.54. The highest BCUT2D eigenvalue weighted by Gasteiger charge is 2.45. The molecule has 0 spiro atoms. The Morgan fingerprint density at radius 2 is 2.25 bits per heavy atom. The van der Waals surface area contributed by atoms with Crippen molar-refractivity contribution in [2.24, 2.45) is 11.3 Å². The molecule has 1 rings (SSSR count). The summed E-state index contributed by atoms with van der Waals surface area (Å²) in [6.07, 6.45) is 3.06. The second-order valence-electron chi connectivity index (χ2n) is 4.96. The van der Waals surface area contributed by atoms with E-state index in [-0.39, 0.29) is 5.41 Å². The van der Waals surface area contributed by atoms with Crippen molar-refractivity contribution in [2.75, 3.05) is 38.7 Å². The highest BCUT2D eigenvalue weighted by molar-refractivity contribution is 7.98. The van der Waals surface area contributed by atoms with Crippen molar-refractivity contribution in [3.63, 3.8) is 0 Å². The van der Waals surface area contributed by atoms with Gasteiger partial charge in [-0.1, -0.05) is 13.8 Å². The van der Waals surface area contributed by atoms with E-state index in [4.69, 9.17) is 0 Å². The Labute approximate surface area is 103 Å². The Balaban J connectivity index is 2.68. The average Bonchev–Trinajstić information content (AvgIpc) is 2.75. The van der Waals surface area contributed by atoms with E-state index in [0.717, 1.165) is 31.8 Å². The monoisotopic (exact) mass is 244 g/mol. The molecule has 0 aliphatic carbocycles. The molecule has 0 radical (unpaired) electrons. The third-order valence-electron chi connectivity index (χ3n) is 3.70. The summed E-state index contributed by atoms with van der Waals surface area (Å²) >= 11 is 1.79. The van der Waals surface area contributed by atoms with Crippen LogP contribution < -0.4 is 5.32 Å². The summed E-state index contributed by atoms with van der Waals surface area (Å²) in [5.74, 6) is 1.75. The smallest absolute Gasteiger partial charge is 0.230 e. The minimum atomic E-state index is -0.160. The molecule has 1 unspecified atom stereocenters. The number of amides is 1. The zero-order valence-corrected chi connectivity index (χ0v) is 11.7. The molecule has 94 valence electrons. The fraction of sp³-hybridized carbons (Fsp3) is 0.917. The minimum Gasteiger partial charge on any atom is -0.344 e. The predicted octanol–water partition coefficient (Wildman–Crippen LogP) is 1.44. The Morgan fingerprint density at radius 3 is 2.69 bits per heavy atom. The summed E-state index contributed by atoms with van der Waals surface area (Å²) in [6, 6.07) is 0. The first-order valence-corrected chi connectivity index (χ1v) is 7.39. The van der Waals surface area contributed by atoms with Crippen LogP contribution in [0.25, 0.3) is 0 Å². The normalized spacial score (nSPS) is 25.1. The molecule has 1 saturated heterocycles. The van der Waals surface area contributed by atoms with Gasteiger partial charge in [-0.3, -0.25) is 4.79 Å². The van der Waals surface area contributed by atoms with Crippen LogP contribution in [-0.2, 0) is 4.79 Å². The van der Waals surface area contributed by atoms with Gasteiger partial charge in [0.1, 0.15) is 0 Å². The number of nitrogens with one attached hydrogen (secondary N) is 1. The Hall–Kier alpha value is -0.220. The van der Waals surface area contributed by atoms with Gasteiger partial charge in [0.15, 0.2) is 0 Å². The summed E-state index contributed by atoms with van der Waals surface area (Å²) < 4.78 is 0. The van der Waals surface area contributed by atoms with Gasteiger partial charge in [0, 0.05) is 25.9 Å². The number of hydrogen-bond acceptors (Lipinski definition) is 3. The molecule has 4 heteroatoms. The molecule has 1 amide bonds. The van der Waals surface area contributed by atoms with Crippen LogP contribution in [0.5, 0.6) is 0 Å². The largest absolute Gasteiger partial charge is 0.344 e. The molecular formula is C12H24N2OS. The standard InChI is InChI=1S/C12H24N2OS/c1-10(2)12(5-6-13-9-12)11(15)14(3)7-8-16-4/h10,13H,5-9H2,1-4H3. The second-order valence-corrected chi connectivity index (χ2v) is 5.94. The third-order valence-corrected chi connectivity index (χ3v) is 4.29. The van der Waals surface area contributed by atoms with Crippen molar-refractivity contribution in [2.45, 2.75) is 20.3 Å². The number of thioether (sulfide) groups is 1. The average molecular weight is 244 g/mol. The van der Waals surface area contributed by atoms with Crippen molar-refractivity contribution in [3.8, 4) is 0 Å². The first kappa shape index (κ1) is 13.8. The highest BCUT2D eigenvalue weighted by atomic mass is 32.2. The van der Waals surface area contributed by atoms with Crippen LogP contribution in [0.3, 0.4) is 0 Å². The molecule has 0 saturated carbocycles. The van der Waals surface area contributed by atoms with Crippen LogP contribution in [0.15, 0.2) is 0 Å². The highest BCUT2D eigenvalue weighted by Crippen LogP contribution is 2.35. The lowest BCUT2D eigenvalue weighted by Gasteiger charge is -2.35. The second kappa shape index (κ2) is 5.92. The van der Waals surface area contributed by atoms with Crippen LogP contribution in [0.1, 0.15) is 20.3 Å². The molecule has 0 aromatic heterocycles. The van der Waals surface area contributed by atoms with E-state index >= 15 is 0 Å². The summed E-state index contributed by atoms with van der Waals surface area (Å²) in [5.41, 5.74) is -0.160. The van der Waals surface area contributed by atoms with Crippen LogP contribution >= 0.6 is 11.8 Å². The fourth-order valence-electron chi connectivity index (χ4n) is 2.34. The van der Waals surface area contributed by atoms with Gasteiger partial charge < -0.3 is 10.2 Å².